The molecule has 0 fully saturated rings. The topological polar surface area (TPSA) is 33.1 Å². The fourth-order valence-corrected chi connectivity index (χ4v) is 3.45. The maximum atomic E-state index is 11.5. The first-order chi connectivity index (χ1) is 10.7. The van der Waals surface area contributed by atoms with Crippen LogP contribution in [0.5, 0.6) is 0 Å². The molecule has 1 aliphatic rings. The summed E-state index contributed by atoms with van der Waals surface area (Å²) in [6, 6.07) is 22.2. The van der Waals surface area contributed by atoms with Crippen molar-refractivity contribution in [1.82, 2.24) is 4.98 Å². The molecule has 0 spiro atoms. The van der Waals surface area contributed by atoms with E-state index < -0.39 is 5.60 Å². The number of fused-ring (bicyclic) bond motifs is 3. The maximum Gasteiger partial charge on any atom is 0.121 e. The van der Waals surface area contributed by atoms with Crippen LogP contribution in [0.1, 0.15) is 22.5 Å². The number of hydrogen-bond donors (Lipinski definition) is 1. The number of aromatic nitrogens is 1. The second kappa shape index (κ2) is 4.79. The Bertz CT molecular complexity index is 808. The van der Waals surface area contributed by atoms with Crippen molar-refractivity contribution < 1.29 is 5.11 Å². The molecule has 2 nitrogen and oxygen atoms in total. The second-order valence-electron chi connectivity index (χ2n) is 5.90. The molecule has 1 heterocycles. The molecule has 2 aromatic carbocycles. The van der Waals surface area contributed by atoms with Gasteiger partial charge in [-0.15, -0.1) is 0 Å². The van der Waals surface area contributed by atoms with Crippen LogP contribution in [0.4, 0.5) is 0 Å². The quantitative estimate of drug-likeness (QED) is 0.776. The smallest absolute Gasteiger partial charge is 0.121 e. The molecule has 0 atom stereocenters. The highest BCUT2D eigenvalue weighted by Gasteiger charge is 2.41. The predicted molar refractivity (Wildman–Crippen MR) is 87.6 cm³/mol. The average molecular weight is 287 g/mol. The van der Waals surface area contributed by atoms with Crippen molar-refractivity contribution in [3.05, 3.63) is 89.2 Å². The molecule has 0 unspecified atom stereocenters. The molecule has 0 aliphatic heterocycles. The standard InChI is InChI=1S/C20H17NO/c1-14-7-6-8-15(21-14)13-20(22)18-11-4-2-9-16(18)17-10-3-5-12-19(17)20/h2-12,22H,13H2,1H3. The van der Waals surface area contributed by atoms with Gasteiger partial charge in [0, 0.05) is 17.8 Å². The zero-order chi connectivity index (χ0) is 15.2. The summed E-state index contributed by atoms with van der Waals surface area (Å²) in [6.07, 6.45) is 0.489. The van der Waals surface area contributed by atoms with Crippen LogP contribution in [-0.2, 0) is 12.0 Å². The van der Waals surface area contributed by atoms with Crippen molar-refractivity contribution in [2.75, 3.05) is 0 Å². The summed E-state index contributed by atoms with van der Waals surface area (Å²) in [7, 11) is 0. The van der Waals surface area contributed by atoms with Gasteiger partial charge in [0.2, 0.25) is 0 Å². The van der Waals surface area contributed by atoms with E-state index in [1.54, 1.807) is 0 Å². The van der Waals surface area contributed by atoms with Gasteiger partial charge in [-0.25, -0.2) is 0 Å². The Morgan fingerprint density at radius 3 is 2.00 bits per heavy atom. The lowest BCUT2D eigenvalue weighted by molar-refractivity contribution is 0.0849. The van der Waals surface area contributed by atoms with Crippen LogP contribution in [0, 0.1) is 6.92 Å². The Hall–Kier alpha value is -2.45. The molecule has 1 aliphatic carbocycles. The molecule has 1 N–H and O–H groups in total. The first-order valence-electron chi connectivity index (χ1n) is 7.53. The van der Waals surface area contributed by atoms with Gasteiger partial charge in [-0.05, 0) is 41.3 Å². The second-order valence-corrected chi connectivity index (χ2v) is 5.90. The van der Waals surface area contributed by atoms with Crippen LogP contribution in [0.25, 0.3) is 11.1 Å². The number of pyridine rings is 1. The molecule has 0 saturated heterocycles. The van der Waals surface area contributed by atoms with Gasteiger partial charge in [0.1, 0.15) is 5.60 Å². The Labute approximate surface area is 130 Å². The third-order valence-corrected chi connectivity index (χ3v) is 4.42. The van der Waals surface area contributed by atoms with E-state index in [9.17, 15) is 5.11 Å². The highest BCUT2D eigenvalue weighted by atomic mass is 16.3. The number of benzene rings is 2. The van der Waals surface area contributed by atoms with Crippen molar-refractivity contribution in [3.63, 3.8) is 0 Å². The molecule has 0 saturated carbocycles. The van der Waals surface area contributed by atoms with Gasteiger partial charge in [-0.2, -0.15) is 0 Å². The lowest BCUT2D eigenvalue weighted by Crippen LogP contribution is -2.28. The molecule has 4 rings (SSSR count). The van der Waals surface area contributed by atoms with Crippen LogP contribution < -0.4 is 0 Å². The first-order valence-corrected chi connectivity index (χ1v) is 7.53. The van der Waals surface area contributed by atoms with Crippen molar-refractivity contribution in [2.24, 2.45) is 0 Å². The molecule has 0 bridgehead atoms. The van der Waals surface area contributed by atoms with E-state index in [-0.39, 0.29) is 0 Å². The highest BCUT2D eigenvalue weighted by Crippen LogP contribution is 2.48. The molecule has 1 aromatic heterocycles. The van der Waals surface area contributed by atoms with Crippen molar-refractivity contribution in [2.45, 2.75) is 18.9 Å². The molecular formula is C20H17NO. The largest absolute Gasteiger partial charge is 0.380 e. The summed E-state index contributed by atoms with van der Waals surface area (Å²) in [4.78, 5) is 4.57. The van der Waals surface area contributed by atoms with E-state index in [0.717, 1.165) is 33.6 Å². The highest BCUT2D eigenvalue weighted by molar-refractivity contribution is 5.80. The number of nitrogens with zero attached hydrogens (tertiary/aromatic N) is 1. The average Bonchev–Trinajstić information content (AvgIpc) is 2.78. The third kappa shape index (κ3) is 1.88. The van der Waals surface area contributed by atoms with E-state index in [4.69, 9.17) is 0 Å². The number of aryl methyl sites for hydroxylation is 1. The maximum absolute atomic E-state index is 11.5. The fraction of sp³-hybridized carbons (Fsp3) is 0.150. The van der Waals surface area contributed by atoms with Gasteiger partial charge in [0.15, 0.2) is 0 Å². The Morgan fingerprint density at radius 1 is 0.818 bits per heavy atom. The predicted octanol–water partition coefficient (Wildman–Crippen LogP) is 3.85. The van der Waals surface area contributed by atoms with Gasteiger partial charge in [0.05, 0.1) is 0 Å². The van der Waals surface area contributed by atoms with Crippen LogP contribution in [0.3, 0.4) is 0 Å². The van der Waals surface area contributed by atoms with Gasteiger partial charge in [-0.1, -0.05) is 54.6 Å². The van der Waals surface area contributed by atoms with Crippen molar-refractivity contribution >= 4 is 0 Å². The van der Waals surface area contributed by atoms with E-state index in [1.807, 2.05) is 61.5 Å². The lowest BCUT2D eigenvalue weighted by Gasteiger charge is -2.25. The summed E-state index contributed by atoms with van der Waals surface area (Å²) in [5, 5.41) is 11.5. The molecule has 3 aromatic rings. The zero-order valence-corrected chi connectivity index (χ0v) is 12.5. The normalized spacial score (nSPS) is 14.5. The van der Waals surface area contributed by atoms with Gasteiger partial charge in [0.25, 0.3) is 0 Å². The molecular weight excluding hydrogens is 270 g/mol. The summed E-state index contributed by atoms with van der Waals surface area (Å²) in [6.45, 7) is 1.98. The van der Waals surface area contributed by atoms with Gasteiger partial charge in [-0.3, -0.25) is 4.98 Å². The first kappa shape index (κ1) is 13.2. The van der Waals surface area contributed by atoms with E-state index in [0.29, 0.717) is 6.42 Å². The Kier molecular flexibility index (Phi) is 2.88. The van der Waals surface area contributed by atoms with E-state index >= 15 is 0 Å². The number of aliphatic hydroxyl groups is 1. The Morgan fingerprint density at radius 2 is 1.41 bits per heavy atom. The minimum atomic E-state index is -1.01. The molecule has 0 amide bonds. The summed E-state index contributed by atoms with van der Waals surface area (Å²) in [5.41, 5.74) is 5.06. The summed E-state index contributed by atoms with van der Waals surface area (Å²) in [5.74, 6) is 0. The van der Waals surface area contributed by atoms with Crippen molar-refractivity contribution in [1.29, 1.82) is 0 Å². The van der Waals surface area contributed by atoms with Gasteiger partial charge < -0.3 is 5.11 Å². The monoisotopic (exact) mass is 287 g/mol. The van der Waals surface area contributed by atoms with Crippen LogP contribution in [0.2, 0.25) is 0 Å². The SMILES string of the molecule is Cc1cccc(CC2(O)c3ccccc3-c3ccccc32)n1. The molecule has 108 valence electrons. The lowest BCUT2D eigenvalue weighted by atomic mass is 9.87. The summed E-state index contributed by atoms with van der Waals surface area (Å²) >= 11 is 0. The van der Waals surface area contributed by atoms with Crippen LogP contribution in [-0.4, -0.2) is 10.1 Å². The molecule has 22 heavy (non-hydrogen) atoms. The number of rotatable bonds is 2. The fourth-order valence-electron chi connectivity index (χ4n) is 3.45. The zero-order valence-electron chi connectivity index (χ0n) is 12.5. The van der Waals surface area contributed by atoms with Crippen LogP contribution >= 0.6 is 0 Å². The number of hydrogen-bond acceptors (Lipinski definition) is 2. The van der Waals surface area contributed by atoms with E-state index in [2.05, 4.69) is 17.1 Å². The Balaban J connectivity index is 1.90. The van der Waals surface area contributed by atoms with Gasteiger partial charge >= 0.3 is 0 Å². The molecule has 2 heteroatoms. The van der Waals surface area contributed by atoms with Crippen LogP contribution in [0.15, 0.2) is 66.7 Å². The minimum Gasteiger partial charge on any atom is -0.380 e. The van der Waals surface area contributed by atoms with Crippen molar-refractivity contribution in [3.8, 4) is 11.1 Å². The third-order valence-electron chi connectivity index (χ3n) is 4.42. The minimum absolute atomic E-state index is 0.489. The van der Waals surface area contributed by atoms with E-state index in [1.165, 1.54) is 0 Å². The summed E-state index contributed by atoms with van der Waals surface area (Å²) < 4.78 is 0. The molecule has 0 radical (unpaired) electrons.